The zero-order valence-corrected chi connectivity index (χ0v) is 12.3. The summed E-state index contributed by atoms with van der Waals surface area (Å²) in [5.41, 5.74) is 4.68. The molecule has 6 heteroatoms. The van der Waals surface area contributed by atoms with Gasteiger partial charge in [-0.15, -0.1) is 0 Å². The maximum Gasteiger partial charge on any atom is 0.242 e. The van der Waals surface area contributed by atoms with Crippen LogP contribution in [0.25, 0.3) is 0 Å². The first-order valence-corrected chi connectivity index (χ1v) is 6.59. The molecule has 0 bridgehead atoms. The van der Waals surface area contributed by atoms with Crippen molar-refractivity contribution in [3.63, 3.8) is 0 Å². The fourth-order valence-electron chi connectivity index (χ4n) is 1.27. The van der Waals surface area contributed by atoms with Crippen LogP contribution in [0.3, 0.4) is 0 Å². The molecule has 4 N–H and O–H groups in total. The van der Waals surface area contributed by atoms with E-state index in [0.29, 0.717) is 13.0 Å². The largest absolute Gasteiger partial charge is 0.392 e. The van der Waals surface area contributed by atoms with Crippen LogP contribution in [0.2, 0.25) is 0 Å². The summed E-state index contributed by atoms with van der Waals surface area (Å²) in [5, 5.41) is 5.36. The minimum absolute atomic E-state index is 0.142. The van der Waals surface area contributed by atoms with Gasteiger partial charge in [-0.05, 0) is 26.7 Å². The molecule has 0 aliphatic rings. The van der Waals surface area contributed by atoms with Crippen LogP contribution in [0.1, 0.15) is 40.5 Å². The Morgan fingerprint density at radius 1 is 1.39 bits per heavy atom. The first kappa shape index (κ1) is 16.8. The Morgan fingerprint density at radius 3 is 2.33 bits per heavy atom. The van der Waals surface area contributed by atoms with Crippen LogP contribution in [0.5, 0.6) is 0 Å². The zero-order valence-electron chi connectivity index (χ0n) is 11.5. The normalized spacial score (nSPS) is 15.3. The monoisotopic (exact) mass is 273 g/mol. The Kier molecular flexibility index (Phi) is 6.83. The number of thiocarbonyl (C=S) groups is 1. The molecular formula is C12H23N3O2S. The van der Waals surface area contributed by atoms with E-state index in [0.717, 1.165) is 6.42 Å². The van der Waals surface area contributed by atoms with E-state index >= 15 is 0 Å². The van der Waals surface area contributed by atoms with Crippen LogP contribution in [0, 0.1) is 5.41 Å². The molecule has 0 saturated heterocycles. The molecule has 0 aliphatic heterocycles. The number of carbonyl (C=O) groups excluding carboxylic acids is 2. The molecule has 0 fully saturated rings. The van der Waals surface area contributed by atoms with Crippen molar-refractivity contribution in [2.75, 3.05) is 6.54 Å². The second kappa shape index (κ2) is 7.31. The van der Waals surface area contributed by atoms with Gasteiger partial charge in [0.2, 0.25) is 11.8 Å². The summed E-state index contributed by atoms with van der Waals surface area (Å²) in [5.74, 6) is -0.511. The van der Waals surface area contributed by atoms with Crippen molar-refractivity contribution in [2.24, 2.45) is 11.1 Å². The van der Waals surface area contributed by atoms with Gasteiger partial charge in [-0.2, -0.15) is 0 Å². The number of nitrogens with two attached hydrogens (primary N) is 1. The van der Waals surface area contributed by atoms with Crippen molar-refractivity contribution in [2.45, 2.75) is 46.6 Å². The molecule has 18 heavy (non-hydrogen) atoms. The Hall–Kier alpha value is -1.17. The predicted octanol–water partition coefficient (Wildman–Crippen LogP) is 0.720. The average Bonchev–Trinajstić information content (AvgIpc) is 2.33. The number of hydrogen-bond donors (Lipinski definition) is 3. The topological polar surface area (TPSA) is 84.2 Å². The minimum atomic E-state index is -0.908. The molecule has 2 amide bonds. The van der Waals surface area contributed by atoms with E-state index in [4.69, 9.17) is 18.0 Å². The first-order valence-electron chi connectivity index (χ1n) is 6.18. The number of hydrogen-bond acceptors (Lipinski definition) is 3. The smallest absolute Gasteiger partial charge is 0.242 e. The summed E-state index contributed by atoms with van der Waals surface area (Å²) in [6.07, 6.45) is 1.35. The molecule has 0 aromatic rings. The first-order chi connectivity index (χ1) is 8.29. The Morgan fingerprint density at radius 2 is 1.94 bits per heavy atom. The lowest BCUT2D eigenvalue weighted by molar-refractivity contribution is -0.132. The second-order valence-electron chi connectivity index (χ2n) is 4.54. The number of carbonyl (C=O) groups is 2. The SMILES string of the molecule is CCCNC(=O)C(C)NC(=O)C(C)(CC)C(N)=S. The molecule has 0 aromatic carbocycles. The summed E-state index contributed by atoms with van der Waals surface area (Å²) < 4.78 is 0. The molecule has 0 radical (unpaired) electrons. The van der Waals surface area contributed by atoms with Gasteiger partial charge in [-0.3, -0.25) is 9.59 Å². The summed E-state index contributed by atoms with van der Waals surface area (Å²) in [6, 6.07) is -0.593. The van der Waals surface area contributed by atoms with E-state index in [1.165, 1.54) is 0 Å². The van der Waals surface area contributed by atoms with Gasteiger partial charge < -0.3 is 16.4 Å². The van der Waals surface area contributed by atoms with Gasteiger partial charge in [0.15, 0.2) is 0 Å². The molecule has 104 valence electrons. The van der Waals surface area contributed by atoms with Crippen LogP contribution in [0.4, 0.5) is 0 Å². The molecule has 2 atom stereocenters. The lowest BCUT2D eigenvalue weighted by Crippen LogP contribution is -2.53. The van der Waals surface area contributed by atoms with Gasteiger partial charge in [0.25, 0.3) is 0 Å². The zero-order chi connectivity index (χ0) is 14.3. The van der Waals surface area contributed by atoms with Crippen molar-refractivity contribution in [1.82, 2.24) is 10.6 Å². The third-order valence-electron chi connectivity index (χ3n) is 3.04. The average molecular weight is 273 g/mol. The quantitative estimate of drug-likeness (QED) is 0.597. The highest BCUT2D eigenvalue weighted by molar-refractivity contribution is 7.80. The molecule has 0 rings (SSSR count). The maximum absolute atomic E-state index is 12.1. The minimum Gasteiger partial charge on any atom is -0.392 e. The molecular weight excluding hydrogens is 250 g/mol. The van der Waals surface area contributed by atoms with E-state index in [2.05, 4.69) is 10.6 Å². The lowest BCUT2D eigenvalue weighted by atomic mass is 9.86. The Labute approximate surface area is 114 Å². The summed E-state index contributed by atoms with van der Waals surface area (Å²) in [4.78, 5) is 23.8. The number of amides is 2. The summed E-state index contributed by atoms with van der Waals surface area (Å²) in [7, 11) is 0. The van der Waals surface area contributed by atoms with Gasteiger partial charge in [0, 0.05) is 6.54 Å². The molecule has 2 unspecified atom stereocenters. The number of rotatable bonds is 7. The highest BCUT2D eigenvalue weighted by Crippen LogP contribution is 2.21. The summed E-state index contributed by atoms with van der Waals surface area (Å²) in [6.45, 7) is 7.71. The third kappa shape index (κ3) is 4.25. The predicted molar refractivity (Wildman–Crippen MR) is 76.1 cm³/mol. The van der Waals surface area contributed by atoms with Gasteiger partial charge in [-0.25, -0.2) is 0 Å². The molecule has 0 saturated carbocycles. The van der Waals surface area contributed by atoms with Gasteiger partial charge in [0.05, 0.1) is 10.4 Å². The summed E-state index contributed by atoms with van der Waals surface area (Å²) >= 11 is 4.91. The van der Waals surface area contributed by atoms with Crippen molar-refractivity contribution < 1.29 is 9.59 Å². The van der Waals surface area contributed by atoms with E-state index in [1.54, 1.807) is 13.8 Å². The highest BCUT2D eigenvalue weighted by atomic mass is 32.1. The molecule has 0 heterocycles. The van der Waals surface area contributed by atoms with Crippen LogP contribution >= 0.6 is 12.2 Å². The lowest BCUT2D eigenvalue weighted by Gasteiger charge is -2.27. The van der Waals surface area contributed by atoms with Crippen molar-refractivity contribution in [3.05, 3.63) is 0 Å². The van der Waals surface area contributed by atoms with Crippen LogP contribution in [-0.4, -0.2) is 29.4 Å². The highest BCUT2D eigenvalue weighted by Gasteiger charge is 2.35. The van der Waals surface area contributed by atoms with Gasteiger partial charge in [0.1, 0.15) is 6.04 Å². The fourth-order valence-corrected chi connectivity index (χ4v) is 1.51. The van der Waals surface area contributed by atoms with Crippen molar-refractivity contribution in [1.29, 1.82) is 0 Å². The van der Waals surface area contributed by atoms with Crippen LogP contribution < -0.4 is 16.4 Å². The van der Waals surface area contributed by atoms with Gasteiger partial charge in [-0.1, -0.05) is 26.1 Å². The molecule has 5 nitrogen and oxygen atoms in total. The van der Waals surface area contributed by atoms with Gasteiger partial charge >= 0.3 is 0 Å². The number of nitrogens with one attached hydrogen (secondary N) is 2. The fraction of sp³-hybridized carbons (Fsp3) is 0.750. The van der Waals surface area contributed by atoms with E-state index in [9.17, 15) is 9.59 Å². The van der Waals surface area contributed by atoms with E-state index in [-0.39, 0.29) is 16.8 Å². The van der Waals surface area contributed by atoms with Crippen molar-refractivity contribution >= 4 is 29.0 Å². The standard InChI is InChI=1S/C12H23N3O2S/c1-5-7-14-9(16)8(3)15-11(17)12(4,6-2)10(13)18/h8H,5-7H2,1-4H3,(H2,13,18)(H,14,16)(H,15,17). The molecule has 0 aliphatic carbocycles. The van der Waals surface area contributed by atoms with Crippen LogP contribution in [-0.2, 0) is 9.59 Å². The second-order valence-corrected chi connectivity index (χ2v) is 4.98. The third-order valence-corrected chi connectivity index (χ3v) is 3.49. The van der Waals surface area contributed by atoms with Crippen molar-refractivity contribution in [3.8, 4) is 0 Å². The maximum atomic E-state index is 12.1. The van der Waals surface area contributed by atoms with Crippen LogP contribution in [0.15, 0.2) is 0 Å². The molecule has 0 aromatic heterocycles. The van der Waals surface area contributed by atoms with E-state index in [1.807, 2.05) is 13.8 Å². The van der Waals surface area contributed by atoms with E-state index < -0.39 is 11.5 Å². The Bertz CT molecular complexity index is 333. The Balaban J connectivity index is 4.55. The molecule has 0 spiro atoms.